The van der Waals surface area contributed by atoms with E-state index in [0.717, 1.165) is 11.6 Å². The van der Waals surface area contributed by atoms with Gasteiger partial charge >= 0.3 is 0 Å². The van der Waals surface area contributed by atoms with Gasteiger partial charge in [-0.3, -0.25) is 0 Å². The molecular formula is C11H14N4. The maximum atomic E-state index is 4.08. The molecule has 2 rings (SSSR count). The zero-order valence-corrected chi connectivity index (χ0v) is 8.96. The van der Waals surface area contributed by atoms with Crippen molar-refractivity contribution in [3.8, 4) is 0 Å². The van der Waals surface area contributed by atoms with Crippen molar-refractivity contribution in [3.05, 3.63) is 48.6 Å². The third kappa shape index (κ3) is 3.81. The molecule has 0 unspecified atom stereocenters. The van der Waals surface area contributed by atoms with Crippen molar-refractivity contribution >= 4 is 0 Å². The van der Waals surface area contributed by atoms with Gasteiger partial charge in [0.1, 0.15) is 11.6 Å². The average Bonchev–Trinajstić information content (AvgIpc) is 2.34. The van der Waals surface area contributed by atoms with E-state index in [0.29, 0.717) is 6.42 Å². The number of rotatable bonds is 2. The molecule has 15 heavy (non-hydrogen) atoms. The van der Waals surface area contributed by atoms with Crippen LogP contribution in [0.25, 0.3) is 0 Å². The second-order valence-corrected chi connectivity index (χ2v) is 2.51. The molecule has 0 saturated heterocycles. The first-order valence-corrected chi connectivity index (χ1v) is 4.97. The van der Waals surface area contributed by atoms with Crippen LogP contribution in [0.15, 0.2) is 36.9 Å². The SMILES string of the molecule is CC.c1cnc(Cc2ncccn2)nc1. The largest absolute Gasteiger partial charge is 0.241 e. The normalized spacial score (nSPS) is 8.93. The number of hydrogen-bond donors (Lipinski definition) is 0. The van der Waals surface area contributed by atoms with Crippen LogP contribution in [0.5, 0.6) is 0 Å². The minimum absolute atomic E-state index is 0.585. The van der Waals surface area contributed by atoms with Gasteiger partial charge in [-0.15, -0.1) is 0 Å². The van der Waals surface area contributed by atoms with Crippen molar-refractivity contribution in [2.45, 2.75) is 20.3 Å². The molecule has 0 aromatic carbocycles. The molecule has 4 heteroatoms. The lowest BCUT2D eigenvalue weighted by Gasteiger charge is -1.96. The van der Waals surface area contributed by atoms with Crippen LogP contribution in [0.4, 0.5) is 0 Å². The Hall–Kier alpha value is -1.84. The lowest BCUT2D eigenvalue weighted by molar-refractivity contribution is 0.887. The van der Waals surface area contributed by atoms with Gasteiger partial charge in [-0.05, 0) is 12.1 Å². The van der Waals surface area contributed by atoms with Crippen LogP contribution in [-0.4, -0.2) is 19.9 Å². The zero-order chi connectivity index (χ0) is 10.9. The fourth-order valence-electron chi connectivity index (χ4n) is 0.984. The van der Waals surface area contributed by atoms with Gasteiger partial charge in [-0.25, -0.2) is 19.9 Å². The van der Waals surface area contributed by atoms with Gasteiger partial charge in [-0.2, -0.15) is 0 Å². The van der Waals surface area contributed by atoms with Crippen molar-refractivity contribution < 1.29 is 0 Å². The van der Waals surface area contributed by atoms with Gasteiger partial charge in [0.15, 0.2) is 0 Å². The maximum Gasteiger partial charge on any atom is 0.135 e. The average molecular weight is 202 g/mol. The highest BCUT2D eigenvalue weighted by Gasteiger charge is 1.98. The molecule has 0 atom stereocenters. The van der Waals surface area contributed by atoms with E-state index in [4.69, 9.17) is 0 Å². The predicted octanol–water partition coefficient (Wildman–Crippen LogP) is 1.88. The van der Waals surface area contributed by atoms with Gasteiger partial charge in [0.25, 0.3) is 0 Å². The Bertz CT molecular complexity index is 323. The Kier molecular flexibility index (Phi) is 4.94. The molecule has 0 aliphatic carbocycles. The second kappa shape index (κ2) is 6.59. The Morgan fingerprint density at radius 2 is 1.07 bits per heavy atom. The minimum atomic E-state index is 0.585. The van der Waals surface area contributed by atoms with Gasteiger partial charge in [0.2, 0.25) is 0 Å². The van der Waals surface area contributed by atoms with E-state index in [9.17, 15) is 0 Å². The van der Waals surface area contributed by atoms with Crippen LogP contribution < -0.4 is 0 Å². The summed E-state index contributed by atoms with van der Waals surface area (Å²) in [7, 11) is 0. The molecule has 0 saturated carbocycles. The molecular weight excluding hydrogens is 188 g/mol. The quantitative estimate of drug-likeness (QED) is 0.746. The molecule has 0 N–H and O–H groups in total. The summed E-state index contributed by atoms with van der Waals surface area (Å²) >= 11 is 0. The Balaban J connectivity index is 0.000000531. The van der Waals surface area contributed by atoms with Gasteiger partial charge in [0, 0.05) is 24.8 Å². The molecule has 0 aliphatic heterocycles. The number of nitrogens with zero attached hydrogens (tertiary/aromatic N) is 4. The summed E-state index contributed by atoms with van der Waals surface area (Å²) in [6, 6.07) is 3.57. The van der Waals surface area contributed by atoms with Crippen LogP contribution in [0.1, 0.15) is 25.5 Å². The van der Waals surface area contributed by atoms with E-state index in [2.05, 4.69) is 19.9 Å². The monoisotopic (exact) mass is 202 g/mol. The number of aromatic nitrogens is 4. The van der Waals surface area contributed by atoms with E-state index in [1.807, 2.05) is 13.8 Å². The smallest absolute Gasteiger partial charge is 0.135 e. The first-order chi connectivity index (χ1) is 7.45. The van der Waals surface area contributed by atoms with Crippen LogP contribution >= 0.6 is 0 Å². The molecule has 2 aromatic rings. The second-order valence-electron chi connectivity index (χ2n) is 2.51. The molecule has 4 nitrogen and oxygen atoms in total. The van der Waals surface area contributed by atoms with Crippen LogP contribution in [0, 0.1) is 0 Å². The first kappa shape index (κ1) is 11.2. The van der Waals surface area contributed by atoms with Crippen molar-refractivity contribution in [2.24, 2.45) is 0 Å². The van der Waals surface area contributed by atoms with Crippen molar-refractivity contribution in [1.29, 1.82) is 0 Å². The fraction of sp³-hybridized carbons (Fsp3) is 0.273. The summed E-state index contributed by atoms with van der Waals surface area (Å²) in [6.07, 6.45) is 7.44. The summed E-state index contributed by atoms with van der Waals surface area (Å²) in [5, 5.41) is 0. The molecule has 0 radical (unpaired) electrons. The van der Waals surface area contributed by atoms with Crippen molar-refractivity contribution in [1.82, 2.24) is 19.9 Å². The van der Waals surface area contributed by atoms with Crippen LogP contribution in [0.3, 0.4) is 0 Å². The molecule has 0 fully saturated rings. The van der Waals surface area contributed by atoms with Crippen LogP contribution in [-0.2, 0) is 6.42 Å². The van der Waals surface area contributed by atoms with E-state index in [-0.39, 0.29) is 0 Å². The van der Waals surface area contributed by atoms with Gasteiger partial charge in [0.05, 0.1) is 6.42 Å². The summed E-state index contributed by atoms with van der Waals surface area (Å²) in [5.74, 6) is 1.49. The summed E-state index contributed by atoms with van der Waals surface area (Å²) in [5.41, 5.74) is 0. The summed E-state index contributed by atoms with van der Waals surface area (Å²) in [4.78, 5) is 16.3. The molecule has 0 bridgehead atoms. The highest BCUT2D eigenvalue weighted by atomic mass is 14.9. The lowest BCUT2D eigenvalue weighted by Crippen LogP contribution is -1.99. The highest BCUT2D eigenvalue weighted by molar-refractivity contribution is 4.99. The maximum absolute atomic E-state index is 4.08. The molecule has 0 aliphatic rings. The predicted molar refractivity (Wildman–Crippen MR) is 58.2 cm³/mol. The number of hydrogen-bond acceptors (Lipinski definition) is 4. The van der Waals surface area contributed by atoms with E-state index >= 15 is 0 Å². The summed E-state index contributed by atoms with van der Waals surface area (Å²) in [6.45, 7) is 4.00. The summed E-state index contributed by atoms with van der Waals surface area (Å²) < 4.78 is 0. The van der Waals surface area contributed by atoms with Gasteiger partial charge < -0.3 is 0 Å². The molecule has 0 spiro atoms. The molecule has 2 aromatic heterocycles. The third-order valence-corrected chi connectivity index (χ3v) is 1.55. The van der Waals surface area contributed by atoms with Crippen molar-refractivity contribution in [2.75, 3.05) is 0 Å². The Labute approximate surface area is 89.5 Å². The Morgan fingerprint density at radius 1 is 0.733 bits per heavy atom. The molecule has 78 valence electrons. The topological polar surface area (TPSA) is 51.6 Å². The first-order valence-electron chi connectivity index (χ1n) is 4.97. The molecule has 2 heterocycles. The van der Waals surface area contributed by atoms with E-state index in [1.165, 1.54) is 0 Å². The lowest BCUT2D eigenvalue weighted by atomic mass is 10.3. The molecule has 0 amide bonds. The van der Waals surface area contributed by atoms with Crippen molar-refractivity contribution in [3.63, 3.8) is 0 Å². The standard InChI is InChI=1S/C9H8N4.C2H6/c1-3-10-8(11-4-1)7-9-12-5-2-6-13-9;1-2/h1-6H,7H2;1-2H3. The van der Waals surface area contributed by atoms with Crippen LogP contribution in [0.2, 0.25) is 0 Å². The van der Waals surface area contributed by atoms with Gasteiger partial charge in [-0.1, -0.05) is 13.8 Å². The highest BCUT2D eigenvalue weighted by Crippen LogP contribution is 1.96. The van der Waals surface area contributed by atoms with E-state index < -0.39 is 0 Å². The Morgan fingerprint density at radius 3 is 1.40 bits per heavy atom. The fourth-order valence-corrected chi connectivity index (χ4v) is 0.984. The zero-order valence-electron chi connectivity index (χ0n) is 8.96. The minimum Gasteiger partial charge on any atom is -0.241 e. The third-order valence-electron chi connectivity index (χ3n) is 1.55. The van der Waals surface area contributed by atoms with E-state index in [1.54, 1.807) is 36.9 Å².